The molecule has 0 spiro atoms. The molecule has 1 aliphatic heterocycles. The van der Waals surface area contributed by atoms with Gasteiger partial charge < -0.3 is 29.6 Å². The quantitative estimate of drug-likeness (QED) is 0.261. The normalized spacial score (nSPS) is 20.2. The van der Waals surface area contributed by atoms with Gasteiger partial charge in [-0.3, -0.25) is 4.79 Å². The monoisotopic (exact) mass is 643 g/mol. The third-order valence-corrected chi connectivity index (χ3v) is 8.45. The van der Waals surface area contributed by atoms with Crippen LogP contribution >= 0.6 is 27.3 Å². The van der Waals surface area contributed by atoms with Crippen molar-refractivity contribution in [1.29, 1.82) is 0 Å². The third kappa shape index (κ3) is 6.06. The van der Waals surface area contributed by atoms with Gasteiger partial charge in [-0.15, -0.1) is 11.3 Å². The summed E-state index contributed by atoms with van der Waals surface area (Å²) >= 11 is 4.89. The molecule has 1 aromatic heterocycles. The number of halogens is 1. The number of aromatic nitrogens is 1. The molecule has 0 radical (unpaired) electrons. The van der Waals surface area contributed by atoms with Gasteiger partial charge in [-0.1, -0.05) is 30.3 Å². The zero-order chi connectivity index (χ0) is 29.7. The smallest absolute Gasteiger partial charge is 0.337 e. The van der Waals surface area contributed by atoms with E-state index in [-0.39, 0.29) is 13.2 Å². The highest BCUT2D eigenvalue weighted by atomic mass is 79.9. The molecule has 0 fully saturated rings. The van der Waals surface area contributed by atoms with Gasteiger partial charge in [-0.2, -0.15) is 0 Å². The molecule has 41 heavy (non-hydrogen) atoms. The summed E-state index contributed by atoms with van der Waals surface area (Å²) in [6.07, 6.45) is 0. The Hall–Kier alpha value is -3.57. The van der Waals surface area contributed by atoms with Gasteiger partial charge in [0.25, 0.3) is 0 Å². The van der Waals surface area contributed by atoms with E-state index in [1.165, 1.54) is 11.3 Å². The molecule has 0 aliphatic carbocycles. The molecule has 2 N–H and O–H groups in total. The van der Waals surface area contributed by atoms with E-state index in [4.69, 9.17) is 23.9 Å². The molecule has 0 saturated heterocycles. The summed E-state index contributed by atoms with van der Waals surface area (Å²) in [4.78, 5) is 31.9. The number of rotatable bonds is 10. The lowest BCUT2D eigenvalue weighted by Gasteiger charge is -2.47. The van der Waals surface area contributed by atoms with E-state index in [0.29, 0.717) is 33.6 Å². The number of nitrogens with zero attached hydrogens (tertiary/aromatic N) is 1. The largest absolute Gasteiger partial charge is 0.496 e. The molecule has 0 amide bonds. The summed E-state index contributed by atoms with van der Waals surface area (Å²) in [6, 6.07) is 12.5. The van der Waals surface area contributed by atoms with Gasteiger partial charge in [-0.05, 0) is 55.3 Å². The highest BCUT2D eigenvalue weighted by Gasteiger charge is 2.53. The summed E-state index contributed by atoms with van der Waals surface area (Å²) in [6.45, 7) is 7.65. The molecule has 3 aromatic rings. The Morgan fingerprint density at radius 2 is 1.76 bits per heavy atom. The molecule has 2 aromatic carbocycles. The fraction of sp³-hybridized carbons (Fsp3) is 0.367. The fourth-order valence-corrected chi connectivity index (χ4v) is 6.46. The van der Waals surface area contributed by atoms with E-state index in [9.17, 15) is 9.59 Å². The molecular weight excluding hydrogens is 610 g/mol. The number of allylic oxidation sites excluding steroid dienone is 1. The number of ether oxygens (including phenoxy) is 4. The molecular formula is C30H34BrN3O6S. The molecule has 218 valence electrons. The highest BCUT2D eigenvalue weighted by molar-refractivity contribution is 9.10. The summed E-state index contributed by atoms with van der Waals surface area (Å²) < 4.78 is 22.8. The van der Waals surface area contributed by atoms with Crippen LogP contribution in [0.5, 0.6) is 11.5 Å². The summed E-state index contributed by atoms with van der Waals surface area (Å²) in [5, 5.41) is 9.26. The number of nitrogens with one attached hydrogen (secondary N) is 2. The number of carbonyl (C=O) groups is 2. The third-order valence-electron chi connectivity index (χ3n) is 7.06. The van der Waals surface area contributed by atoms with Crippen LogP contribution in [0.2, 0.25) is 0 Å². The molecule has 4 rings (SSSR count). The minimum absolute atomic E-state index is 0.190. The molecule has 11 heteroatoms. The van der Waals surface area contributed by atoms with E-state index < -0.39 is 29.4 Å². The first-order valence-corrected chi connectivity index (χ1v) is 14.9. The first-order chi connectivity index (χ1) is 19.7. The minimum atomic E-state index is -0.907. The summed E-state index contributed by atoms with van der Waals surface area (Å²) in [7, 11) is 3.17. The molecule has 0 saturated carbocycles. The van der Waals surface area contributed by atoms with E-state index in [1.807, 2.05) is 55.6 Å². The zero-order valence-corrected chi connectivity index (χ0v) is 26.3. The van der Waals surface area contributed by atoms with Crippen LogP contribution in [0.15, 0.2) is 63.6 Å². The van der Waals surface area contributed by atoms with Crippen LogP contribution in [-0.4, -0.2) is 50.4 Å². The van der Waals surface area contributed by atoms with Crippen molar-refractivity contribution in [2.75, 3.05) is 32.8 Å². The average Bonchev–Trinajstić information content (AvgIpc) is 3.41. The van der Waals surface area contributed by atoms with Crippen LogP contribution in [0, 0.1) is 5.92 Å². The number of methoxy groups -OCH3 is 2. The van der Waals surface area contributed by atoms with Gasteiger partial charge in [0.1, 0.15) is 17.4 Å². The van der Waals surface area contributed by atoms with Crippen LogP contribution in [0.1, 0.15) is 33.3 Å². The number of thiazole rings is 1. The zero-order valence-electron chi connectivity index (χ0n) is 23.9. The maximum Gasteiger partial charge on any atom is 0.337 e. The van der Waals surface area contributed by atoms with Crippen molar-refractivity contribution in [3.63, 3.8) is 0 Å². The SMILES string of the molecule is CCOC(=O)C1=C(C)NC(C)(c2ccccc2)C(C(=O)OCC)C1Nc1nc(-c2cc(Br)c(OC)cc2OC)cs1. The number of hydrogen-bond acceptors (Lipinski definition) is 10. The van der Waals surface area contributed by atoms with Gasteiger partial charge in [0.05, 0.1) is 54.8 Å². The van der Waals surface area contributed by atoms with E-state index in [0.717, 1.165) is 15.6 Å². The lowest BCUT2D eigenvalue weighted by molar-refractivity contribution is -0.152. The standard InChI is InChI=1S/C30H34BrN3O6S/c1-7-39-27(35)24-17(3)34-30(4,18-12-10-9-11-13-18)25(28(36)40-8-2)26(24)33-29-32-21(16-41-29)19-14-20(31)23(38-6)15-22(19)37-5/h9-16,25-26,34H,7-8H2,1-6H3,(H,32,33). The van der Waals surface area contributed by atoms with Crippen molar-refractivity contribution in [3.8, 4) is 22.8 Å². The summed E-state index contributed by atoms with van der Waals surface area (Å²) in [5.74, 6) is -0.587. The second kappa shape index (κ2) is 12.9. The van der Waals surface area contributed by atoms with Crippen molar-refractivity contribution in [2.45, 2.75) is 39.3 Å². The molecule has 3 atom stereocenters. The highest BCUT2D eigenvalue weighted by Crippen LogP contribution is 2.43. The van der Waals surface area contributed by atoms with Crippen molar-refractivity contribution in [2.24, 2.45) is 5.92 Å². The van der Waals surface area contributed by atoms with Crippen molar-refractivity contribution in [1.82, 2.24) is 10.3 Å². The van der Waals surface area contributed by atoms with Crippen molar-refractivity contribution in [3.05, 3.63) is 69.2 Å². The molecule has 3 unspecified atom stereocenters. The summed E-state index contributed by atoms with van der Waals surface area (Å²) in [5.41, 5.74) is 2.30. The Morgan fingerprint density at radius 1 is 1.07 bits per heavy atom. The number of carbonyl (C=O) groups excluding carboxylic acids is 2. The maximum atomic E-state index is 13.7. The number of anilines is 1. The Bertz CT molecular complexity index is 1440. The van der Waals surface area contributed by atoms with Crippen LogP contribution in [-0.2, 0) is 24.6 Å². The Labute approximate surface area is 252 Å². The molecule has 1 aliphatic rings. The lowest BCUT2D eigenvalue weighted by Crippen LogP contribution is -2.60. The van der Waals surface area contributed by atoms with Gasteiger partial charge in [0, 0.05) is 22.7 Å². The Balaban J connectivity index is 1.83. The van der Waals surface area contributed by atoms with Gasteiger partial charge >= 0.3 is 11.9 Å². The Morgan fingerprint density at radius 3 is 2.39 bits per heavy atom. The average molecular weight is 645 g/mol. The van der Waals surface area contributed by atoms with Crippen molar-refractivity contribution >= 4 is 44.3 Å². The number of benzene rings is 2. The topological polar surface area (TPSA) is 108 Å². The number of hydrogen-bond donors (Lipinski definition) is 2. The van der Waals surface area contributed by atoms with Gasteiger partial charge in [0.15, 0.2) is 5.13 Å². The van der Waals surface area contributed by atoms with Crippen LogP contribution in [0.25, 0.3) is 11.3 Å². The van der Waals surface area contributed by atoms with Crippen LogP contribution < -0.4 is 20.1 Å². The predicted molar refractivity (Wildman–Crippen MR) is 162 cm³/mol. The van der Waals surface area contributed by atoms with E-state index in [2.05, 4.69) is 26.6 Å². The Kier molecular flexibility index (Phi) is 9.60. The van der Waals surface area contributed by atoms with E-state index >= 15 is 0 Å². The van der Waals surface area contributed by atoms with Crippen molar-refractivity contribution < 1.29 is 28.5 Å². The second-order valence-electron chi connectivity index (χ2n) is 9.53. The van der Waals surface area contributed by atoms with E-state index in [1.54, 1.807) is 34.1 Å². The molecule has 2 heterocycles. The predicted octanol–water partition coefficient (Wildman–Crippen LogP) is 5.91. The fourth-order valence-electron chi connectivity index (χ4n) is 5.21. The second-order valence-corrected chi connectivity index (χ2v) is 11.2. The maximum absolute atomic E-state index is 13.7. The van der Waals surface area contributed by atoms with Crippen LogP contribution in [0.3, 0.4) is 0 Å². The van der Waals surface area contributed by atoms with Gasteiger partial charge in [0.2, 0.25) is 0 Å². The lowest BCUT2D eigenvalue weighted by atomic mass is 9.70. The number of esters is 2. The van der Waals surface area contributed by atoms with Gasteiger partial charge in [-0.25, -0.2) is 9.78 Å². The first kappa shape index (κ1) is 30.4. The molecule has 9 nitrogen and oxygen atoms in total. The first-order valence-electron chi connectivity index (χ1n) is 13.2. The molecule has 0 bridgehead atoms. The minimum Gasteiger partial charge on any atom is -0.496 e. The van der Waals surface area contributed by atoms with Crippen LogP contribution in [0.4, 0.5) is 5.13 Å².